The van der Waals surface area contributed by atoms with Crippen molar-refractivity contribution < 1.29 is 0 Å². The van der Waals surface area contributed by atoms with Crippen LogP contribution in [0.4, 0.5) is 0 Å². The van der Waals surface area contributed by atoms with Gasteiger partial charge in [-0.2, -0.15) is 0 Å². The zero-order valence-electron chi connectivity index (χ0n) is 20.4. The summed E-state index contributed by atoms with van der Waals surface area (Å²) in [6.07, 6.45) is 7.17. The van der Waals surface area contributed by atoms with Crippen molar-refractivity contribution in [3.63, 3.8) is 0 Å². The number of aryl methyl sites for hydroxylation is 6. The number of benzene rings is 3. The molecule has 0 amide bonds. The molecule has 0 heteroatoms. The summed E-state index contributed by atoms with van der Waals surface area (Å²) >= 11 is 0. The van der Waals surface area contributed by atoms with E-state index in [0.29, 0.717) is 5.92 Å². The van der Waals surface area contributed by atoms with Gasteiger partial charge in [-0.25, -0.2) is 0 Å². The topological polar surface area (TPSA) is 0 Å². The zero-order chi connectivity index (χ0) is 22.7. The number of hydrogen-bond acceptors (Lipinski definition) is 0. The van der Waals surface area contributed by atoms with Crippen molar-refractivity contribution in [1.82, 2.24) is 0 Å². The van der Waals surface area contributed by atoms with Crippen LogP contribution >= 0.6 is 0 Å². The van der Waals surface area contributed by atoms with Gasteiger partial charge in [-0.1, -0.05) is 65.8 Å². The lowest BCUT2D eigenvalue weighted by Crippen LogP contribution is -2.02. The van der Waals surface area contributed by atoms with Gasteiger partial charge in [-0.15, -0.1) is 0 Å². The first-order valence-electron chi connectivity index (χ1n) is 11.7. The van der Waals surface area contributed by atoms with E-state index in [-0.39, 0.29) is 0 Å². The van der Waals surface area contributed by atoms with Crippen LogP contribution in [-0.2, 0) is 0 Å². The van der Waals surface area contributed by atoms with Crippen molar-refractivity contribution in [2.45, 2.75) is 54.4 Å². The molecule has 1 atom stereocenters. The molecule has 2 aliphatic carbocycles. The third-order valence-electron chi connectivity index (χ3n) is 7.28. The molecule has 0 saturated carbocycles. The van der Waals surface area contributed by atoms with E-state index in [4.69, 9.17) is 0 Å². The largest absolute Gasteiger partial charge is 0.0647 e. The summed E-state index contributed by atoms with van der Waals surface area (Å²) in [6.45, 7) is 15.6. The van der Waals surface area contributed by atoms with Crippen molar-refractivity contribution in [2.24, 2.45) is 0 Å². The summed E-state index contributed by atoms with van der Waals surface area (Å²) < 4.78 is 0. The molecule has 0 nitrogen and oxygen atoms in total. The molecule has 0 fully saturated rings. The second-order valence-electron chi connectivity index (χ2n) is 9.86. The molecule has 0 aliphatic heterocycles. The lowest BCUT2D eigenvalue weighted by molar-refractivity contribution is 1.05. The fourth-order valence-electron chi connectivity index (χ4n) is 6.13. The van der Waals surface area contributed by atoms with Gasteiger partial charge in [-0.05, 0) is 121 Å². The van der Waals surface area contributed by atoms with Crippen LogP contribution in [0.1, 0.15) is 62.9 Å². The van der Waals surface area contributed by atoms with E-state index in [9.17, 15) is 0 Å². The van der Waals surface area contributed by atoms with Crippen LogP contribution < -0.4 is 0 Å². The Labute approximate surface area is 193 Å². The van der Waals surface area contributed by atoms with E-state index >= 15 is 0 Å². The van der Waals surface area contributed by atoms with Crippen molar-refractivity contribution in [3.8, 4) is 11.1 Å². The van der Waals surface area contributed by atoms with Crippen molar-refractivity contribution in [3.05, 3.63) is 116 Å². The molecule has 0 bridgehead atoms. The van der Waals surface area contributed by atoms with Gasteiger partial charge < -0.3 is 0 Å². The number of fused-ring (bicyclic) bond motifs is 3. The van der Waals surface area contributed by atoms with Gasteiger partial charge in [-0.3, -0.25) is 0 Å². The predicted octanol–water partition coefficient (Wildman–Crippen LogP) is 8.73. The molecule has 160 valence electrons. The van der Waals surface area contributed by atoms with E-state index in [1.165, 1.54) is 77.9 Å². The van der Waals surface area contributed by atoms with Gasteiger partial charge in [0.15, 0.2) is 0 Å². The van der Waals surface area contributed by atoms with Crippen molar-refractivity contribution in [1.29, 1.82) is 0 Å². The zero-order valence-corrected chi connectivity index (χ0v) is 20.4. The lowest BCUT2D eigenvalue weighted by atomic mass is 9.83. The number of rotatable bonds is 2. The van der Waals surface area contributed by atoms with Crippen LogP contribution in [0, 0.1) is 41.5 Å². The Morgan fingerprint density at radius 1 is 0.594 bits per heavy atom. The van der Waals surface area contributed by atoms with Gasteiger partial charge in [0.1, 0.15) is 0 Å². The molecule has 0 radical (unpaired) electrons. The van der Waals surface area contributed by atoms with Crippen LogP contribution in [0.25, 0.3) is 22.3 Å². The SMILES string of the molecule is CC1=C2C=CC(c3c(C)cc(C)cc3C)=CC2c2cc(-c3c(C)cc(C)cc3C)ccc21. The number of allylic oxidation sites excluding steroid dienone is 6. The molecule has 0 saturated heterocycles. The van der Waals surface area contributed by atoms with Crippen LogP contribution in [0.15, 0.2) is 66.3 Å². The molecular weight excluding hydrogens is 384 g/mol. The minimum atomic E-state index is 0.330. The quantitative estimate of drug-likeness (QED) is 0.392. The first-order valence-corrected chi connectivity index (χ1v) is 11.7. The highest BCUT2D eigenvalue weighted by Gasteiger charge is 2.29. The normalized spacial score (nSPS) is 16.8. The molecular formula is C32H32. The minimum absolute atomic E-state index is 0.330. The van der Waals surface area contributed by atoms with E-state index in [0.717, 1.165) is 0 Å². The maximum Gasteiger partial charge on any atom is 0.0287 e. The monoisotopic (exact) mass is 416 g/mol. The first-order chi connectivity index (χ1) is 15.2. The molecule has 0 aromatic heterocycles. The summed E-state index contributed by atoms with van der Waals surface area (Å²) in [6, 6.07) is 16.3. The lowest BCUT2D eigenvalue weighted by Gasteiger charge is -2.21. The smallest absolute Gasteiger partial charge is 0.0287 e. The number of hydrogen-bond donors (Lipinski definition) is 0. The molecule has 1 unspecified atom stereocenters. The van der Waals surface area contributed by atoms with Gasteiger partial charge in [0, 0.05) is 5.92 Å². The standard InChI is InChI=1S/C32H32/c1-18-12-20(3)31(21(4)13-18)25-8-10-27-24(7)28-11-9-26(17-30(28)29(27)16-25)32-22(5)14-19(2)15-23(32)6/h8-17,29H,1-7H3. The summed E-state index contributed by atoms with van der Waals surface area (Å²) in [5.41, 5.74) is 19.3. The maximum absolute atomic E-state index is 2.49. The highest BCUT2D eigenvalue weighted by molar-refractivity contribution is 5.89. The Bertz CT molecular complexity index is 1330. The average molecular weight is 417 g/mol. The Morgan fingerprint density at radius 3 is 1.75 bits per heavy atom. The third-order valence-corrected chi connectivity index (χ3v) is 7.28. The Kier molecular flexibility index (Phi) is 4.86. The molecule has 2 aliphatic rings. The fraction of sp³-hybridized carbons (Fsp3) is 0.250. The molecule has 0 spiro atoms. The van der Waals surface area contributed by atoms with Gasteiger partial charge in [0.05, 0.1) is 0 Å². The molecule has 0 heterocycles. The van der Waals surface area contributed by atoms with E-state index in [1.54, 1.807) is 0 Å². The Hall–Kier alpha value is -3.12. The minimum Gasteiger partial charge on any atom is -0.0647 e. The van der Waals surface area contributed by atoms with Crippen LogP contribution in [-0.4, -0.2) is 0 Å². The van der Waals surface area contributed by atoms with E-state index in [2.05, 4.69) is 109 Å². The average Bonchev–Trinajstić information content (AvgIpc) is 2.98. The molecule has 5 rings (SSSR count). The summed E-state index contributed by atoms with van der Waals surface area (Å²) in [7, 11) is 0. The molecule has 3 aromatic rings. The van der Waals surface area contributed by atoms with Crippen molar-refractivity contribution >= 4 is 11.1 Å². The highest BCUT2D eigenvalue weighted by Crippen LogP contribution is 2.48. The predicted molar refractivity (Wildman–Crippen MR) is 139 cm³/mol. The second kappa shape index (κ2) is 7.48. The maximum atomic E-state index is 2.49. The summed E-state index contributed by atoms with van der Waals surface area (Å²) in [5.74, 6) is 0.330. The Balaban J connectivity index is 1.65. The van der Waals surface area contributed by atoms with Crippen LogP contribution in [0.3, 0.4) is 0 Å². The van der Waals surface area contributed by atoms with Gasteiger partial charge >= 0.3 is 0 Å². The summed E-state index contributed by atoms with van der Waals surface area (Å²) in [5, 5.41) is 0. The van der Waals surface area contributed by atoms with Crippen molar-refractivity contribution in [2.75, 3.05) is 0 Å². The second-order valence-corrected chi connectivity index (χ2v) is 9.86. The summed E-state index contributed by atoms with van der Waals surface area (Å²) in [4.78, 5) is 0. The van der Waals surface area contributed by atoms with Gasteiger partial charge in [0.2, 0.25) is 0 Å². The van der Waals surface area contributed by atoms with E-state index < -0.39 is 0 Å². The molecule has 3 aromatic carbocycles. The molecule has 32 heavy (non-hydrogen) atoms. The van der Waals surface area contributed by atoms with Gasteiger partial charge in [0.25, 0.3) is 0 Å². The van der Waals surface area contributed by atoms with Crippen LogP contribution in [0.5, 0.6) is 0 Å². The first kappa shape index (κ1) is 20.8. The molecule has 0 N–H and O–H groups in total. The highest BCUT2D eigenvalue weighted by atomic mass is 14.3. The third kappa shape index (κ3) is 3.21. The fourth-order valence-corrected chi connectivity index (χ4v) is 6.13. The Morgan fingerprint density at radius 2 is 1.16 bits per heavy atom. The van der Waals surface area contributed by atoms with E-state index in [1.807, 2.05) is 0 Å². The van der Waals surface area contributed by atoms with Crippen LogP contribution in [0.2, 0.25) is 0 Å².